The van der Waals surface area contributed by atoms with Crippen molar-refractivity contribution in [1.82, 2.24) is 30.7 Å². The average molecular weight is 423 g/mol. The molecule has 0 aliphatic carbocycles. The molecule has 1 heterocycles. The zero-order chi connectivity index (χ0) is 15.7. The largest absolute Gasteiger partial charge is 0.355 e. The molecule has 0 aromatic carbocycles. The Hall–Kier alpha value is -0.900. The van der Waals surface area contributed by atoms with Crippen LogP contribution in [0.2, 0.25) is 0 Å². The predicted molar refractivity (Wildman–Crippen MR) is 102 cm³/mol. The van der Waals surface area contributed by atoms with Crippen LogP contribution in [-0.2, 0) is 13.0 Å². The standard InChI is InChI=1S/C14H29N7.HI/c1-6-12-20-19-11-21(12)10-9-17-13(15-5)16-7-8-18-14(2,3)4;/h11,18H,6-10H2,1-5H3,(H2,15,16,17);1H. The second-order valence-electron chi connectivity index (χ2n) is 5.90. The fourth-order valence-corrected chi connectivity index (χ4v) is 1.87. The number of halogens is 1. The topological polar surface area (TPSA) is 79.2 Å². The highest BCUT2D eigenvalue weighted by Crippen LogP contribution is 1.96. The zero-order valence-corrected chi connectivity index (χ0v) is 16.6. The predicted octanol–water partition coefficient (Wildman–Crippen LogP) is 1.01. The Bertz CT molecular complexity index is 437. The summed E-state index contributed by atoms with van der Waals surface area (Å²) in [4.78, 5) is 4.21. The third-order valence-electron chi connectivity index (χ3n) is 2.95. The molecule has 8 heteroatoms. The number of aromatic nitrogens is 3. The molecule has 0 radical (unpaired) electrons. The second kappa shape index (κ2) is 10.8. The number of rotatable bonds is 7. The summed E-state index contributed by atoms with van der Waals surface area (Å²) in [6, 6.07) is 0. The molecule has 0 saturated carbocycles. The van der Waals surface area contributed by atoms with Crippen LogP contribution in [0.25, 0.3) is 0 Å². The van der Waals surface area contributed by atoms with Crippen molar-refractivity contribution in [2.24, 2.45) is 4.99 Å². The SMILES string of the molecule is CCc1nncn1CCNC(=NC)NCCNC(C)(C)C.I. The normalized spacial score (nSPS) is 12.0. The summed E-state index contributed by atoms with van der Waals surface area (Å²) in [5.74, 6) is 1.82. The van der Waals surface area contributed by atoms with E-state index in [2.05, 4.69) is 63.4 Å². The molecule has 3 N–H and O–H groups in total. The van der Waals surface area contributed by atoms with Crippen LogP contribution in [0.15, 0.2) is 11.3 Å². The minimum Gasteiger partial charge on any atom is -0.355 e. The Morgan fingerprint density at radius 2 is 1.91 bits per heavy atom. The highest BCUT2D eigenvalue weighted by molar-refractivity contribution is 14.0. The molecule has 7 nitrogen and oxygen atoms in total. The van der Waals surface area contributed by atoms with Crippen LogP contribution in [0.1, 0.15) is 33.5 Å². The Morgan fingerprint density at radius 3 is 2.50 bits per heavy atom. The van der Waals surface area contributed by atoms with E-state index in [0.29, 0.717) is 0 Å². The van der Waals surface area contributed by atoms with Crippen molar-refractivity contribution in [2.75, 3.05) is 26.7 Å². The molecule has 1 aromatic heterocycles. The molecule has 0 fully saturated rings. The van der Waals surface area contributed by atoms with Gasteiger partial charge in [-0.1, -0.05) is 6.92 Å². The van der Waals surface area contributed by atoms with Gasteiger partial charge in [-0.05, 0) is 20.8 Å². The van der Waals surface area contributed by atoms with Gasteiger partial charge in [-0.3, -0.25) is 4.99 Å². The lowest BCUT2D eigenvalue weighted by Crippen LogP contribution is -2.45. The van der Waals surface area contributed by atoms with Gasteiger partial charge in [0.05, 0.1) is 0 Å². The molecule has 0 bridgehead atoms. The van der Waals surface area contributed by atoms with Gasteiger partial charge < -0.3 is 20.5 Å². The van der Waals surface area contributed by atoms with E-state index in [1.54, 1.807) is 13.4 Å². The molecule has 22 heavy (non-hydrogen) atoms. The van der Waals surface area contributed by atoms with Crippen LogP contribution in [0.3, 0.4) is 0 Å². The number of hydrogen-bond acceptors (Lipinski definition) is 4. The van der Waals surface area contributed by atoms with Crippen molar-refractivity contribution in [2.45, 2.75) is 46.2 Å². The lowest BCUT2D eigenvalue weighted by Gasteiger charge is -2.21. The van der Waals surface area contributed by atoms with E-state index < -0.39 is 0 Å². The number of aryl methyl sites for hydroxylation is 1. The lowest BCUT2D eigenvalue weighted by molar-refractivity contribution is 0.428. The van der Waals surface area contributed by atoms with Crippen LogP contribution >= 0.6 is 24.0 Å². The number of guanidine groups is 1. The van der Waals surface area contributed by atoms with Gasteiger partial charge in [0.1, 0.15) is 12.2 Å². The molecule has 0 atom stereocenters. The van der Waals surface area contributed by atoms with Gasteiger partial charge in [-0.2, -0.15) is 0 Å². The van der Waals surface area contributed by atoms with Crippen molar-refractivity contribution in [3.63, 3.8) is 0 Å². The average Bonchev–Trinajstić information content (AvgIpc) is 2.87. The lowest BCUT2D eigenvalue weighted by atomic mass is 10.1. The molecule has 0 aliphatic heterocycles. The van der Waals surface area contributed by atoms with E-state index >= 15 is 0 Å². The van der Waals surface area contributed by atoms with E-state index in [0.717, 1.165) is 44.4 Å². The molecule has 128 valence electrons. The maximum atomic E-state index is 4.21. The molecule has 0 aliphatic rings. The van der Waals surface area contributed by atoms with E-state index in [1.165, 1.54) is 0 Å². The van der Waals surface area contributed by atoms with E-state index in [-0.39, 0.29) is 29.5 Å². The van der Waals surface area contributed by atoms with Gasteiger partial charge in [0.25, 0.3) is 0 Å². The molecular weight excluding hydrogens is 393 g/mol. The fraction of sp³-hybridized carbons (Fsp3) is 0.786. The summed E-state index contributed by atoms with van der Waals surface area (Å²) in [6.45, 7) is 11.9. The zero-order valence-electron chi connectivity index (χ0n) is 14.3. The number of aliphatic imine (C=N–C) groups is 1. The summed E-state index contributed by atoms with van der Waals surface area (Å²) < 4.78 is 2.06. The van der Waals surface area contributed by atoms with Gasteiger partial charge in [0.2, 0.25) is 0 Å². The number of nitrogens with zero attached hydrogens (tertiary/aromatic N) is 4. The Morgan fingerprint density at radius 1 is 1.23 bits per heavy atom. The fourth-order valence-electron chi connectivity index (χ4n) is 1.87. The first-order valence-corrected chi connectivity index (χ1v) is 7.52. The van der Waals surface area contributed by atoms with Crippen LogP contribution in [-0.4, -0.2) is 52.9 Å². The highest BCUT2D eigenvalue weighted by Gasteiger charge is 2.07. The Balaban J connectivity index is 0.00000441. The van der Waals surface area contributed by atoms with E-state index in [9.17, 15) is 0 Å². The van der Waals surface area contributed by atoms with E-state index in [4.69, 9.17) is 0 Å². The molecular formula is C14H30IN7. The third-order valence-corrected chi connectivity index (χ3v) is 2.95. The van der Waals surface area contributed by atoms with Crippen LogP contribution in [0, 0.1) is 0 Å². The van der Waals surface area contributed by atoms with Crippen molar-refractivity contribution < 1.29 is 0 Å². The minimum absolute atomic E-state index is 0. The second-order valence-corrected chi connectivity index (χ2v) is 5.90. The maximum absolute atomic E-state index is 4.21. The number of nitrogens with one attached hydrogen (secondary N) is 3. The van der Waals surface area contributed by atoms with Crippen molar-refractivity contribution in [3.05, 3.63) is 12.2 Å². The van der Waals surface area contributed by atoms with Gasteiger partial charge >= 0.3 is 0 Å². The third kappa shape index (κ3) is 8.52. The van der Waals surface area contributed by atoms with Gasteiger partial charge in [-0.25, -0.2) is 0 Å². The highest BCUT2D eigenvalue weighted by atomic mass is 127. The summed E-state index contributed by atoms with van der Waals surface area (Å²) in [6.07, 6.45) is 2.66. The first-order chi connectivity index (χ1) is 9.96. The van der Waals surface area contributed by atoms with Crippen molar-refractivity contribution in [1.29, 1.82) is 0 Å². The Labute approximate surface area is 150 Å². The van der Waals surface area contributed by atoms with Gasteiger partial charge in [0.15, 0.2) is 5.96 Å². The monoisotopic (exact) mass is 423 g/mol. The molecule has 0 amide bonds. The summed E-state index contributed by atoms with van der Waals surface area (Å²) in [7, 11) is 1.78. The van der Waals surface area contributed by atoms with Crippen LogP contribution in [0.5, 0.6) is 0 Å². The van der Waals surface area contributed by atoms with Crippen molar-refractivity contribution >= 4 is 29.9 Å². The quantitative estimate of drug-likeness (QED) is 0.264. The number of hydrogen-bond donors (Lipinski definition) is 3. The Kier molecular flexibility index (Phi) is 10.3. The molecule has 1 aromatic rings. The van der Waals surface area contributed by atoms with E-state index in [1.807, 2.05) is 0 Å². The van der Waals surface area contributed by atoms with Gasteiger partial charge in [0, 0.05) is 45.2 Å². The first-order valence-electron chi connectivity index (χ1n) is 7.52. The minimum atomic E-state index is 0. The molecule has 1 rings (SSSR count). The summed E-state index contributed by atoms with van der Waals surface area (Å²) in [5, 5.41) is 18.0. The smallest absolute Gasteiger partial charge is 0.191 e. The summed E-state index contributed by atoms with van der Waals surface area (Å²) in [5.41, 5.74) is 0.142. The van der Waals surface area contributed by atoms with Crippen molar-refractivity contribution in [3.8, 4) is 0 Å². The summed E-state index contributed by atoms with van der Waals surface area (Å²) >= 11 is 0. The van der Waals surface area contributed by atoms with Gasteiger partial charge in [-0.15, -0.1) is 34.2 Å². The molecule has 0 saturated heterocycles. The maximum Gasteiger partial charge on any atom is 0.191 e. The molecule has 0 unspecified atom stereocenters. The van der Waals surface area contributed by atoms with Crippen LogP contribution in [0.4, 0.5) is 0 Å². The van der Waals surface area contributed by atoms with Crippen LogP contribution < -0.4 is 16.0 Å². The first kappa shape index (κ1) is 21.1. The molecule has 0 spiro atoms.